The molecule has 2 unspecified atom stereocenters. The Balaban J connectivity index is 1.44. The minimum Gasteiger partial charge on any atom is -0.456 e. The standard InChI is InChI=1S/C57H77NO13Si2/c1-14-73(15-2,16-3)70-41-32-42-56(34-66-42,69-36(5)59)47-49(68-51(63)39-30-24-19-25-31-39)57(65)33-40(35(4)43(54(57,9)10)45(60)48(61)55(41,47)11)67-52(64)46(71-72(12,13)53(6,7)8)44(37-26-20-17-21-27-37)58-50(62)38-28-22-18-23-29-38/h17-31,40-42,44-47,49,60,65H,14-16,32-34H2,1-13H3,(H,58,62)/t40-,41-,42?,44-,45+,46+,47-,49-,55?,56-,57+/m0/s1. The second-order valence-electron chi connectivity index (χ2n) is 23.0. The monoisotopic (exact) mass is 1040 g/mol. The van der Waals surface area contributed by atoms with Crippen molar-refractivity contribution in [2.24, 2.45) is 16.7 Å². The summed E-state index contributed by atoms with van der Waals surface area (Å²) >= 11 is 0. The lowest BCUT2D eigenvalue weighted by molar-refractivity contribution is -0.344. The molecule has 14 nitrogen and oxygen atoms in total. The van der Waals surface area contributed by atoms with Gasteiger partial charge in [0.1, 0.15) is 30.0 Å². The first kappa shape index (κ1) is 55.9. The fraction of sp³-hybridized carbons (Fsp3) is 0.561. The average Bonchev–Trinajstić information content (AvgIpc) is 3.35. The van der Waals surface area contributed by atoms with Crippen LogP contribution >= 0.6 is 0 Å². The number of aliphatic hydroxyl groups is 2. The molecule has 16 heteroatoms. The number of fused-ring (bicyclic) bond motifs is 5. The van der Waals surface area contributed by atoms with Crippen LogP contribution in [0.5, 0.6) is 0 Å². The van der Waals surface area contributed by atoms with Crippen LogP contribution in [0.1, 0.15) is 121 Å². The maximum Gasteiger partial charge on any atom is 0.338 e. The van der Waals surface area contributed by atoms with E-state index in [9.17, 15) is 24.6 Å². The molecule has 3 aromatic carbocycles. The third-order valence-electron chi connectivity index (χ3n) is 17.7. The zero-order chi connectivity index (χ0) is 53.7. The minimum atomic E-state index is -2.90. The van der Waals surface area contributed by atoms with Gasteiger partial charge in [-0.15, -0.1) is 0 Å². The highest BCUT2D eigenvalue weighted by molar-refractivity contribution is 6.74. The summed E-state index contributed by atoms with van der Waals surface area (Å²) in [6, 6.07) is 26.9. The highest BCUT2D eigenvalue weighted by Gasteiger charge is 2.78. The van der Waals surface area contributed by atoms with Crippen LogP contribution in [0.15, 0.2) is 102 Å². The highest BCUT2D eigenvalue weighted by atomic mass is 28.4. The molecular weight excluding hydrogens is 963 g/mol. The second-order valence-corrected chi connectivity index (χ2v) is 32.4. The molecule has 3 fully saturated rings. The smallest absolute Gasteiger partial charge is 0.338 e. The van der Waals surface area contributed by atoms with E-state index in [1.165, 1.54) is 6.92 Å². The van der Waals surface area contributed by atoms with Gasteiger partial charge in [-0.2, -0.15) is 0 Å². The number of ether oxygens (including phenoxy) is 4. The van der Waals surface area contributed by atoms with E-state index in [0.717, 1.165) is 18.1 Å². The number of aliphatic hydroxyl groups excluding tert-OH is 1. The summed E-state index contributed by atoms with van der Waals surface area (Å²) in [5.74, 6) is -4.91. The summed E-state index contributed by atoms with van der Waals surface area (Å²) in [6.07, 6.45) is -8.52. The minimum absolute atomic E-state index is 0.0839. The van der Waals surface area contributed by atoms with Crippen molar-refractivity contribution in [3.8, 4) is 0 Å². The van der Waals surface area contributed by atoms with Gasteiger partial charge >= 0.3 is 17.9 Å². The predicted molar refractivity (Wildman–Crippen MR) is 280 cm³/mol. The Hall–Kier alpha value is -4.82. The van der Waals surface area contributed by atoms with E-state index in [1.807, 2.05) is 39.9 Å². The van der Waals surface area contributed by atoms with Gasteiger partial charge in [-0.05, 0) is 91.1 Å². The van der Waals surface area contributed by atoms with Crippen LogP contribution < -0.4 is 5.32 Å². The molecule has 1 heterocycles. The van der Waals surface area contributed by atoms with Crippen molar-refractivity contribution in [1.82, 2.24) is 5.32 Å². The molecule has 0 aromatic heterocycles. The zero-order valence-electron chi connectivity index (χ0n) is 44.9. The van der Waals surface area contributed by atoms with Crippen LogP contribution in [0.25, 0.3) is 0 Å². The fourth-order valence-electron chi connectivity index (χ4n) is 12.0. The fourth-order valence-corrected chi connectivity index (χ4v) is 16.2. The molecular formula is C57H77NO13Si2. The first-order valence-electron chi connectivity index (χ1n) is 25.9. The summed E-state index contributed by atoms with van der Waals surface area (Å²) in [5, 5.41) is 29.9. The van der Waals surface area contributed by atoms with Gasteiger partial charge in [0.25, 0.3) is 5.91 Å². The van der Waals surface area contributed by atoms with Crippen molar-refractivity contribution in [3.05, 3.63) is 119 Å². The Kier molecular flexibility index (Phi) is 15.9. The molecule has 1 aliphatic heterocycles. The van der Waals surface area contributed by atoms with Crippen LogP contribution in [0.2, 0.25) is 36.3 Å². The predicted octanol–water partition coefficient (Wildman–Crippen LogP) is 9.22. The lowest BCUT2D eigenvalue weighted by Crippen LogP contribution is -2.82. The molecule has 2 saturated carbocycles. The molecule has 2 bridgehead atoms. The summed E-state index contributed by atoms with van der Waals surface area (Å²) in [7, 11) is -5.50. The Labute approximate surface area is 433 Å². The number of Topliss-reactive ketones (excluding diaryl/α,β-unsaturated/α-hetero) is 1. The highest BCUT2D eigenvalue weighted by Crippen LogP contribution is 2.65. The van der Waals surface area contributed by atoms with Crippen molar-refractivity contribution in [3.63, 3.8) is 0 Å². The molecule has 7 rings (SSSR count). The Morgan fingerprint density at radius 2 is 1.40 bits per heavy atom. The maximum absolute atomic E-state index is 16.1. The molecule has 0 radical (unpaired) electrons. The van der Waals surface area contributed by atoms with Gasteiger partial charge in [-0.25, -0.2) is 9.59 Å². The number of carbonyl (C=O) groups is 5. The summed E-state index contributed by atoms with van der Waals surface area (Å²) in [4.78, 5) is 74.0. The van der Waals surface area contributed by atoms with Crippen LogP contribution in [-0.4, -0.2) is 111 Å². The number of hydrogen-bond acceptors (Lipinski definition) is 13. The molecule has 73 heavy (non-hydrogen) atoms. The van der Waals surface area contributed by atoms with Crippen LogP contribution in [0.4, 0.5) is 0 Å². The SMILES string of the molecule is CC[Si](CC)(CC)O[C@H]1CC2OC[C@@]2(OC(C)=O)[C@H]2[C@H](OC(=O)c3ccccc3)[C@]3(O)C[C@H](OC(=O)[C@H](O[Si](C)(C)C(C)(C)C)[C@@H](NC(=O)c4ccccc4)c4ccccc4)C(C)=C([C@@H](O)C(=O)C12C)C3(C)C. The second kappa shape index (κ2) is 20.7. The van der Waals surface area contributed by atoms with Gasteiger partial charge in [0.15, 0.2) is 34.1 Å². The van der Waals surface area contributed by atoms with Gasteiger partial charge < -0.3 is 43.3 Å². The third kappa shape index (κ3) is 9.86. The number of amides is 1. The summed E-state index contributed by atoms with van der Waals surface area (Å²) in [6.45, 7) is 24.0. The first-order valence-corrected chi connectivity index (χ1v) is 31.3. The van der Waals surface area contributed by atoms with E-state index >= 15 is 9.59 Å². The van der Waals surface area contributed by atoms with Crippen LogP contribution in [0.3, 0.4) is 0 Å². The average molecular weight is 1040 g/mol. The Morgan fingerprint density at radius 1 is 0.849 bits per heavy atom. The number of benzene rings is 3. The zero-order valence-corrected chi connectivity index (χ0v) is 46.9. The van der Waals surface area contributed by atoms with Crippen molar-refractivity contribution in [2.45, 2.75) is 179 Å². The first-order chi connectivity index (χ1) is 34.2. The molecule has 4 aliphatic rings. The van der Waals surface area contributed by atoms with Gasteiger partial charge in [-0.1, -0.05) is 122 Å². The lowest BCUT2D eigenvalue weighted by Gasteiger charge is -2.68. The van der Waals surface area contributed by atoms with Crippen LogP contribution in [0, 0.1) is 16.7 Å². The summed E-state index contributed by atoms with van der Waals surface area (Å²) in [5.41, 5.74) is -5.85. The number of rotatable bonds is 16. The maximum atomic E-state index is 16.1. The molecule has 396 valence electrons. The van der Waals surface area contributed by atoms with E-state index in [1.54, 1.807) is 113 Å². The van der Waals surface area contributed by atoms with E-state index in [-0.39, 0.29) is 24.2 Å². The van der Waals surface area contributed by atoms with Gasteiger partial charge in [0.2, 0.25) is 0 Å². The molecule has 3 N–H and O–H groups in total. The van der Waals surface area contributed by atoms with Gasteiger partial charge in [0, 0.05) is 30.7 Å². The number of esters is 3. The van der Waals surface area contributed by atoms with E-state index in [0.29, 0.717) is 16.7 Å². The van der Waals surface area contributed by atoms with E-state index in [4.69, 9.17) is 27.8 Å². The van der Waals surface area contributed by atoms with Gasteiger partial charge in [0.05, 0.1) is 35.6 Å². The molecule has 11 atom stereocenters. The van der Waals surface area contributed by atoms with E-state index in [2.05, 4.69) is 26.1 Å². The molecule has 1 saturated heterocycles. The number of hydrogen-bond donors (Lipinski definition) is 3. The third-order valence-corrected chi connectivity index (χ3v) is 26.8. The topological polar surface area (TPSA) is 193 Å². The molecule has 1 amide bonds. The largest absolute Gasteiger partial charge is 0.456 e. The van der Waals surface area contributed by atoms with Crippen LogP contribution in [-0.2, 0) is 42.2 Å². The number of carbonyl (C=O) groups excluding carboxylic acids is 5. The van der Waals surface area contributed by atoms with Crippen molar-refractivity contribution < 1.29 is 62.0 Å². The van der Waals surface area contributed by atoms with Crippen molar-refractivity contribution in [1.29, 1.82) is 0 Å². The quantitative estimate of drug-likeness (QED) is 0.0533. The summed E-state index contributed by atoms with van der Waals surface area (Å²) < 4.78 is 40.4. The molecule has 3 aromatic rings. The lowest BCUT2D eigenvalue weighted by atomic mass is 9.44. The molecule has 3 aliphatic carbocycles. The molecule has 0 spiro atoms. The number of nitrogens with one attached hydrogen (secondary N) is 1. The van der Waals surface area contributed by atoms with Crippen molar-refractivity contribution in [2.75, 3.05) is 6.61 Å². The van der Waals surface area contributed by atoms with Gasteiger partial charge in [-0.3, -0.25) is 14.4 Å². The Morgan fingerprint density at radius 3 is 1.90 bits per heavy atom. The normalized spacial score (nSPS) is 29.7. The number of ketones is 1. The van der Waals surface area contributed by atoms with E-state index < -0.39 is 128 Å². The Bertz CT molecular complexity index is 2550. The van der Waals surface area contributed by atoms with Crippen molar-refractivity contribution >= 4 is 46.2 Å².